The van der Waals surface area contributed by atoms with Gasteiger partial charge >= 0.3 is 0 Å². The van der Waals surface area contributed by atoms with Gasteiger partial charge in [0.05, 0.1) is 18.6 Å². The molecule has 9 heteroatoms. The molecule has 0 radical (unpaired) electrons. The fourth-order valence-electron chi connectivity index (χ4n) is 2.88. The Morgan fingerprint density at radius 2 is 2.00 bits per heavy atom. The molecule has 0 aliphatic carbocycles. The summed E-state index contributed by atoms with van der Waals surface area (Å²) in [7, 11) is 1.53. The molecule has 1 aliphatic heterocycles. The van der Waals surface area contributed by atoms with Crippen LogP contribution in [0.2, 0.25) is 0 Å². The van der Waals surface area contributed by atoms with Crippen LogP contribution in [0.1, 0.15) is 12.5 Å². The van der Waals surface area contributed by atoms with E-state index >= 15 is 0 Å². The molecular formula is C22H22N2O5S2. The molecule has 0 spiro atoms. The molecular weight excluding hydrogens is 436 g/mol. The van der Waals surface area contributed by atoms with Crippen LogP contribution in [0, 0.1) is 0 Å². The van der Waals surface area contributed by atoms with Crippen LogP contribution in [0.3, 0.4) is 0 Å². The van der Waals surface area contributed by atoms with Crippen molar-refractivity contribution in [1.82, 2.24) is 4.90 Å². The van der Waals surface area contributed by atoms with Gasteiger partial charge in [0.2, 0.25) is 5.91 Å². The second kappa shape index (κ2) is 10.4. The number of nitrogens with zero attached hydrogens (tertiary/aromatic N) is 1. The van der Waals surface area contributed by atoms with Gasteiger partial charge in [-0.2, -0.15) is 0 Å². The van der Waals surface area contributed by atoms with E-state index in [4.69, 9.17) is 9.47 Å². The average Bonchev–Trinajstić information content (AvgIpc) is 3.02. The van der Waals surface area contributed by atoms with Crippen LogP contribution < -0.4 is 14.8 Å². The van der Waals surface area contributed by atoms with Crippen molar-refractivity contribution in [1.29, 1.82) is 0 Å². The highest BCUT2D eigenvalue weighted by atomic mass is 32.2. The second-order valence-corrected chi connectivity index (χ2v) is 8.26. The lowest BCUT2D eigenvalue weighted by atomic mass is 10.2. The molecule has 2 aromatic carbocycles. The molecule has 0 bridgehead atoms. The number of methoxy groups -OCH3 is 1. The first-order chi connectivity index (χ1) is 14.9. The SMILES string of the molecule is CCOc1ccc(/C=C2/SC(=O)N(CC(=O)Nc3cccc(SC)c3)C2=O)cc1OC. The van der Waals surface area contributed by atoms with Crippen molar-refractivity contribution in [2.24, 2.45) is 0 Å². The van der Waals surface area contributed by atoms with Crippen molar-refractivity contribution in [3.8, 4) is 11.5 Å². The Labute approximate surface area is 189 Å². The Morgan fingerprint density at radius 1 is 1.19 bits per heavy atom. The summed E-state index contributed by atoms with van der Waals surface area (Å²) in [5.41, 5.74) is 1.30. The molecule has 3 rings (SSSR count). The van der Waals surface area contributed by atoms with Gasteiger partial charge in [-0.3, -0.25) is 19.3 Å². The Kier molecular flexibility index (Phi) is 7.64. The van der Waals surface area contributed by atoms with E-state index in [0.29, 0.717) is 29.4 Å². The molecule has 0 atom stereocenters. The number of nitrogens with one attached hydrogen (secondary N) is 1. The first-order valence-electron chi connectivity index (χ1n) is 9.45. The van der Waals surface area contributed by atoms with Crippen LogP contribution in [0.25, 0.3) is 6.08 Å². The van der Waals surface area contributed by atoms with Gasteiger partial charge in [0.15, 0.2) is 11.5 Å². The highest BCUT2D eigenvalue weighted by Crippen LogP contribution is 2.34. The van der Waals surface area contributed by atoms with E-state index in [9.17, 15) is 14.4 Å². The highest BCUT2D eigenvalue weighted by molar-refractivity contribution is 8.18. The van der Waals surface area contributed by atoms with Crippen LogP contribution in [0.4, 0.5) is 10.5 Å². The van der Waals surface area contributed by atoms with Crippen molar-refractivity contribution in [2.45, 2.75) is 11.8 Å². The maximum atomic E-state index is 12.7. The number of carbonyl (C=O) groups excluding carboxylic acids is 3. The molecule has 0 unspecified atom stereocenters. The number of benzene rings is 2. The molecule has 31 heavy (non-hydrogen) atoms. The number of imide groups is 1. The maximum Gasteiger partial charge on any atom is 0.294 e. The van der Waals surface area contributed by atoms with Gasteiger partial charge in [-0.05, 0) is 66.9 Å². The van der Waals surface area contributed by atoms with E-state index in [0.717, 1.165) is 21.6 Å². The predicted molar refractivity (Wildman–Crippen MR) is 124 cm³/mol. The quantitative estimate of drug-likeness (QED) is 0.461. The summed E-state index contributed by atoms with van der Waals surface area (Å²) in [4.78, 5) is 39.6. The summed E-state index contributed by atoms with van der Waals surface area (Å²) in [5, 5.41) is 2.24. The molecule has 0 saturated carbocycles. The molecule has 1 aliphatic rings. The molecule has 1 fully saturated rings. The predicted octanol–water partition coefficient (Wildman–Crippen LogP) is 4.49. The number of hydrogen-bond acceptors (Lipinski definition) is 7. The Hall–Kier alpha value is -2.91. The van der Waals surface area contributed by atoms with E-state index in [1.165, 1.54) is 7.11 Å². The minimum absolute atomic E-state index is 0.244. The lowest BCUT2D eigenvalue weighted by Crippen LogP contribution is -2.36. The largest absolute Gasteiger partial charge is 0.493 e. The monoisotopic (exact) mass is 458 g/mol. The summed E-state index contributed by atoms with van der Waals surface area (Å²) in [5.74, 6) is 0.180. The maximum absolute atomic E-state index is 12.7. The Bertz CT molecular complexity index is 1040. The Balaban J connectivity index is 1.71. The number of thioether (sulfide) groups is 2. The number of anilines is 1. The third kappa shape index (κ3) is 5.62. The van der Waals surface area contributed by atoms with Crippen LogP contribution in [0.15, 0.2) is 52.3 Å². The lowest BCUT2D eigenvalue weighted by molar-refractivity contribution is -0.127. The summed E-state index contributed by atoms with van der Waals surface area (Å²) in [6.07, 6.45) is 3.54. The topological polar surface area (TPSA) is 84.9 Å². The van der Waals surface area contributed by atoms with Crippen molar-refractivity contribution < 1.29 is 23.9 Å². The molecule has 3 amide bonds. The molecule has 1 N–H and O–H groups in total. The van der Waals surface area contributed by atoms with Crippen LogP contribution >= 0.6 is 23.5 Å². The summed E-state index contributed by atoms with van der Waals surface area (Å²) in [6.45, 7) is 2.02. The number of rotatable bonds is 8. The third-order valence-electron chi connectivity index (χ3n) is 4.31. The zero-order valence-electron chi connectivity index (χ0n) is 17.3. The second-order valence-electron chi connectivity index (χ2n) is 6.39. The number of amides is 3. The molecule has 0 aromatic heterocycles. The van der Waals surface area contributed by atoms with Crippen LogP contribution in [0.5, 0.6) is 11.5 Å². The first kappa shape index (κ1) is 22.8. The van der Waals surface area contributed by atoms with E-state index < -0.39 is 17.1 Å². The first-order valence-corrected chi connectivity index (χ1v) is 11.5. The summed E-state index contributed by atoms with van der Waals surface area (Å²) < 4.78 is 10.8. The van der Waals surface area contributed by atoms with Crippen molar-refractivity contribution in [2.75, 3.05) is 31.8 Å². The van der Waals surface area contributed by atoms with Gasteiger partial charge < -0.3 is 14.8 Å². The van der Waals surface area contributed by atoms with Gasteiger partial charge in [0.1, 0.15) is 6.54 Å². The fraction of sp³-hybridized carbons (Fsp3) is 0.227. The summed E-state index contributed by atoms with van der Waals surface area (Å²) in [6, 6.07) is 12.6. The van der Waals surface area contributed by atoms with E-state index in [1.807, 2.05) is 31.4 Å². The number of ether oxygens (including phenoxy) is 2. The molecule has 1 heterocycles. The highest BCUT2D eigenvalue weighted by Gasteiger charge is 2.36. The van der Waals surface area contributed by atoms with Gasteiger partial charge in [-0.25, -0.2) is 0 Å². The van der Waals surface area contributed by atoms with Crippen molar-refractivity contribution in [3.05, 3.63) is 52.9 Å². The normalized spacial score (nSPS) is 14.8. The minimum atomic E-state index is -0.504. The van der Waals surface area contributed by atoms with Gasteiger partial charge in [0.25, 0.3) is 11.1 Å². The summed E-state index contributed by atoms with van der Waals surface area (Å²) >= 11 is 2.36. The Morgan fingerprint density at radius 3 is 2.71 bits per heavy atom. The average molecular weight is 459 g/mol. The van der Waals surface area contributed by atoms with Crippen LogP contribution in [-0.4, -0.2) is 48.5 Å². The zero-order chi connectivity index (χ0) is 22.4. The van der Waals surface area contributed by atoms with Crippen molar-refractivity contribution >= 4 is 52.3 Å². The standard InChI is InChI=1S/C22H22N2O5S2/c1-4-29-17-9-8-14(10-18(17)28-2)11-19-21(26)24(22(27)31-19)13-20(25)23-15-6-5-7-16(12-15)30-3/h5-12H,4,13H2,1-3H3,(H,23,25)/b19-11+. The van der Waals surface area contributed by atoms with E-state index in [2.05, 4.69) is 5.32 Å². The van der Waals surface area contributed by atoms with Crippen LogP contribution in [-0.2, 0) is 9.59 Å². The molecule has 1 saturated heterocycles. The zero-order valence-corrected chi connectivity index (χ0v) is 19.0. The third-order valence-corrected chi connectivity index (χ3v) is 5.95. The van der Waals surface area contributed by atoms with Crippen molar-refractivity contribution in [3.63, 3.8) is 0 Å². The smallest absolute Gasteiger partial charge is 0.294 e. The van der Waals surface area contributed by atoms with Gasteiger partial charge in [0, 0.05) is 10.6 Å². The lowest BCUT2D eigenvalue weighted by Gasteiger charge is -2.13. The number of carbonyl (C=O) groups is 3. The molecule has 2 aromatic rings. The van der Waals surface area contributed by atoms with Gasteiger partial charge in [-0.15, -0.1) is 11.8 Å². The number of hydrogen-bond donors (Lipinski definition) is 1. The minimum Gasteiger partial charge on any atom is -0.493 e. The molecule has 7 nitrogen and oxygen atoms in total. The molecule has 162 valence electrons. The fourth-order valence-corrected chi connectivity index (χ4v) is 4.18. The van der Waals surface area contributed by atoms with Gasteiger partial charge in [-0.1, -0.05) is 12.1 Å². The van der Waals surface area contributed by atoms with E-state index in [-0.39, 0.29) is 11.4 Å². The van der Waals surface area contributed by atoms with E-state index in [1.54, 1.807) is 42.1 Å².